The number of H-pyrrole nitrogens is 1. The highest BCUT2D eigenvalue weighted by Crippen LogP contribution is 2.14. The first-order valence-electron chi connectivity index (χ1n) is 6.10. The van der Waals surface area contributed by atoms with E-state index in [1.165, 1.54) is 0 Å². The second kappa shape index (κ2) is 5.23. The quantitative estimate of drug-likeness (QED) is 0.771. The van der Waals surface area contributed by atoms with E-state index in [4.69, 9.17) is 0 Å². The van der Waals surface area contributed by atoms with Crippen molar-refractivity contribution in [1.82, 2.24) is 10.3 Å². The van der Waals surface area contributed by atoms with Gasteiger partial charge in [0.1, 0.15) is 0 Å². The van der Waals surface area contributed by atoms with E-state index in [0.29, 0.717) is 5.56 Å². The summed E-state index contributed by atoms with van der Waals surface area (Å²) in [4.78, 5) is 15.1. The Hall–Kier alpha value is -1.81. The van der Waals surface area contributed by atoms with Gasteiger partial charge in [-0.1, -0.05) is 13.8 Å². The van der Waals surface area contributed by atoms with E-state index in [-0.39, 0.29) is 24.5 Å². The lowest BCUT2D eigenvalue weighted by Crippen LogP contribution is -2.41. The fourth-order valence-electron chi connectivity index (χ4n) is 1.87. The van der Waals surface area contributed by atoms with E-state index in [2.05, 4.69) is 10.3 Å². The fourth-order valence-corrected chi connectivity index (χ4v) is 1.87. The lowest BCUT2D eigenvalue weighted by molar-refractivity contribution is 0.0897. The van der Waals surface area contributed by atoms with Gasteiger partial charge in [0.2, 0.25) is 0 Å². The van der Waals surface area contributed by atoms with Crippen molar-refractivity contribution in [2.24, 2.45) is 5.92 Å². The normalized spacial score (nSPS) is 12.9. The number of aromatic amines is 1. The second-order valence-electron chi connectivity index (χ2n) is 4.79. The van der Waals surface area contributed by atoms with E-state index in [1.54, 1.807) is 6.07 Å². The van der Waals surface area contributed by atoms with Crippen LogP contribution in [-0.4, -0.2) is 28.6 Å². The van der Waals surface area contributed by atoms with Crippen molar-refractivity contribution in [1.29, 1.82) is 0 Å². The van der Waals surface area contributed by atoms with E-state index < -0.39 is 0 Å². The van der Waals surface area contributed by atoms with Crippen LogP contribution in [0.25, 0.3) is 10.9 Å². The van der Waals surface area contributed by atoms with E-state index in [1.807, 2.05) is 38.2 Å². The molecule has 0 radical (unpaired) electrons. The van der Waals surface area contributed by atoms with Crippen molar-refractivity contribution in [3.05, 3.63) is 36.0 Å². The number of carbonyl (C=O) groups excluding carboxylic acids is 1. The molecule has 4 heteroatoms. The summed E-state index contributed by atoms with van der Waals surface area (Å²) in [6.07, 6.45) is 1.84. The molecule has 0 aliphatic carbocycles. The monoisotopic (exact) mass is 246 g/mol. The van der Waals surface area contributed by atoms with Crippen molar-refractivity contribution in [3.63, 3.8) is 0 Å². The topological polar surface area (TPSA) is 65.1 Å². The standard InChI is InChI=1S/C14H18N2O2/c1-9(2)13(8-17)16-14(18)11-3-4-12-10(7-11)5-6-15-12/h3-7,9,13,15,17H,8H2,1-2H3,(H,16,18). The molecule has 2 aromatic rings. The number of hydrogen-bond donors (Lipinski definition) is 3. The first-order valence-corrected chi connectivity index (χ1v) is 6.10. The highest BCUT2D eigenvalue weighted by molar-refractivity contribution is 5.98. The molecule has 0 aliphatic rings. The molecule has 1 aromatic carbocycles. The largest absolute Gasteiger partial charge is 0.394 e. The number of hydrogen-bond acceptors (Lipinski definition) is 2. The minimum absolute atomic E-state index is 0.0458. The van der Waals surface area contributed by atoms with E-state index in [0.717, 1.165) is 10.9 Å². The van der Waals surface area contributed by atoms with Crippen LogP contribution in [0.3, 0.4) is 0 Å². The molecule has 1 amide bonds. The number of benzene rings is 1. The van der Waals surface area contributed by atoms with Crippen LogP contribution in [0.1, 0.15) is 24.2 Å². The van der Waals surface area contributed by atoms with Crippen molar-refractivity contribution in [2.75, 3.05) is 6.61 Å². The van der Waals surface area contributed by atoms with Crippen LogP contribution in [0.4, 0.5) is 0 Å². The van der Waals surface area contributed by atoms with Gasteiger partial charge in [0, 0.05) is 22.7 Å². The first-order chi connectivity index (χ1) is 8.61. The highest BCUT2D eigenvalue weighted by Gasteiger charge is 2.16. The molecule has 4 nitrogen and oxygen atoms in total. The van der Waals surface area contributed by atoms with Gasteiger partial charge in [0.25, 0.3) is 5.91 Å². The zero-order chi connectivity index (χ0) is 13.1. The highest BCUT2D eigenvalue weighted by atomic mass is 16.3. The van der Waals surface area contributed by atoms with Gasteiger partial charge in [0.15, 0.2) is 0 Å². The molecule has 1 unspecified atom stereocenters. The zero-order valence-electron chi connectivity index (χ0n) is 10.6. The van der Waals surface area contributed by atoms with Crippen LogP contribution in [0.15, 0.2) is 30.5 Å². The maximum absolute atomic E-state index is 12.1. The summed E-state index contributed by atoms with van der Waals surface area (Å²) in [5, 5.41) is 13.1. The molecular formula is C14H18N2O2. The van der Waals surface area contributed by atoms with Gasteiger partial charge in [0.05, 0.1) is 12.6 Å². The summed E-state index contributed by atoms with van der Waals surface area (Å²) >= 11 is 0. The maximum atomic E-state index is 12.1. The van der Waals surface area contributed by atoms with Crippen molar-refractivity contribution >= 4 is 16.8 Å². The van der Waals surface area contributed by atoms with Gasteiger partial charge in [-0.15, -0.1) is 0 Å². The number of rotatable bonds is 4. The van der Waals surface area contributed by atoms with Crippen molar-refractivity contribution < 1.29 is 9.90 Å². The second-order valence-corrected chi connectivity index (χ2v) is 4.79. The summed E-state index contributed by atoms with van der Waals surface area (Å²) in [5.74, 6) is 0.0563. The SMILES string of the molecule is CC(C)C(CO)NC(=O)c1ccc2[nH]ccc2c1. The van der Waals surface area contributed by atoms with E-state index >= 15 is 0 Å². The molecule has 0 aliphatic heterocycles. The maximum Gasteiger partial charge on any atom is 0.251 e. The van der Waals surface area contributed by atoms with Crippen LogP contribution in [0.5, 0.6) is 0 Å². The number of fused-ring (bicyclic) bond motifs is 1. The van der Waals surface area contributed by atoms with Gasteiger partial charge in [-0.3, -0.25) is 4.79 Å². The number of aromatic nitrogens is 1. The lowest BCUT2D eigenvalue weighted by Gasteiger charge is -2.19. The number of carbonyl (C=O) groups is 1. The Labute approximate surface area is 106 Å². The van der Waals surface area contributed by atoms with Gasteiger partial charge in [-0.2, -0.15) is 0 Å². The Balaban J connectivity index is 2.17. The van der Waals surface area contributed by atoms with Crippen LogP contribution in [0, 0.1) is 5.92 Å². The molecule has 0 fully saturated rings. The van der Waals surface area contributed by atoms with Crippen LogP contribution in [-0.2, 0) is 0 Å². The molecule has 2 rings (SSSR count). The summed E-state index contributed by atoms with van der Waals surface area (Å²) in [7, 11) is 0. The van der Waals surface area contributed by atoms with Crippen LogP contribution < -0.4 is 5.32 Å². The lowest BCUT2D eigenvalue weighted by atomic mass is 10.0. The molecule has 0 spiro atoms. The Kier molecular flexibility index (Phi) is 3.67. The molecule has 3 N–H and O–H groups in total. The molecule has 0 saturated carbocycles. The predicted molar refractivity (Wildman–Crippen MR) is 71.5 cm³/mol. The molecule has 0 bridgehead atoms. The summed E-state index contributed by atoms with van der Waals surface area (Å²) in [5.41, 5.74) is 1.62. The summed E-state index contributed by atoms with van der Waals surface area (Å²) < 4.78 is 0. The molecular weight excluding hydrogens is 228 g/mol. The number of nitrogens with one attached hydrogen (secondary N) is 2. The number of aliphatic hydroxyl groups excluding tert-OH is 1. The molecule has 1 atom stereocenters. The molecule has 1 heterocycles. The fraction of sp³-hybridized carbons (Fsp3) is 0.357. The average molecular weight is 246 g/mol. The zero-order valence-corrected chi connectivity index (χ0v) is 10.6. The van der Waals surface area contributed by atoms with Crippen molar-refractivity contribution in [3.8, 4) is 0 Å². The van der Waals surface area contributed by atoms with Crippen LogP contribution >= 0.6 is 0 Å². The Morgan fingerprint density at radius 2 is 2.17 bits per heavy atom. The van der Waals surface area contributed by atoms with Gasteiger partial charge >= 0.3 is 0 Å². The third-order valence-electron chi connectivity index (χ3n) is 3.13. The third-order valence-corrected chi connectivity index (χ3v) is 3.13. The van der Waals surface area contributed by atoms with Gasteiger partial charge in [-0.05, 0) is 30.2 Å². The summed E-state index contributed by atoms with van der Waals surface area (Å²) in [6.45, 7) is 3.89. The first kappa shape index (κ1) is 12.6. The Bertz CT molecular complexity index is 545. The van der Waals surface area contributed by atoms with Gasteiger partial charge in [-0.25, -0.2) is 0 Å². The molecule has 1 aromatic heterocycles. The Morgan fingerprint density at radius 3 is 2.83 bits per heavy atom. The minimum atomic E-state index is -0.209. The van der Waals surface area contributed by atoms with Crippen molar-refractivity contribution in [2.45, 2.75) is 19.9 Å². The smallest absolute Gasteiger partial charge is 0.251 e. The predicted octanol–water partition coefficient (Wildman–Crippen LogP) is 1.91. The molecule has 0 saturated heterocycles. The van der Waals surface area contributed by atoms with Crippen LogP contribution in [0.2, 0.25) is 0 Å². The number of amides is 1. The molecule has 18 heavy (non-hydrogen) atoms. The minimum Gasteiger partial charge on any atom is -0.394 e. The van der Waals surface area contributed by atoms with Gasteiger partial charge < -0.3 is 15.4 Å². The Morgan fingerprint density at radius 1 is 1.39 bits per heavy atom. The molecule has 96 valence electrons. The summed E-state index contributed by atoms with van der Waals surface area (Å²) in [6, 6.07) is 7.23. The number of aliphatic hydroxyl groups is 1. The average Bonchev–Trinajstić information content (AvgIpc) is 2.82. The third kappa shape index (κ3) is 2.54. The van der Waals surface area contributed by atoms with E-state index in [9.17, 15) is 9.90 Å².